The molecule has 0 saturated carbocycles. The van der Waals surface area contributed by atoms with Crippen molar-refractivity contribution in [2.75, 3.05) is 14.2 Å². The lowest BCUT2D eigenvalue weighted by Gasteiger charge is -2.12. The second-order valence-electron chi connectivity index (χ2n) is 4.66. The van der Waals surface area contributed by atoms with Gasteiger partial charge in [-0.15, -0.1) is 11.3 Å². The van der Waals surface area contributed by atoms with Crippen LogP contribution in [0.2, 0.25) is 0 Å². The fourth-order valence-electron chi connectivity index (χ4n) is 2.15. The monoisotopic (exact) mass is 291 g/mol. The van der Waals surface area contributed by atoms with Crippen LogP contribution in [0.3, 0.4) is 0 Å². The molecule has 0 aliphatic carbocycles. The maximum Gasteiger partial charge on any atom is 0.160 e. The summed E-state index contributed by atoms with van der Waals surface area (Å²) < 4.78 is 10.6. The molecule has 1 atom stereocenters. The van der Waals surface area contributed by atoms with Crippen LogP contribution in [0.4, 0.5) is 0 Å². The molecule has 0 amide bonds. The van der Waals surface area contributed by atoms with Crippen molar-refractivity contribution in [3.8, 4) is 11.5 Å². The van der Waals surface area contributed by atoms with E-state index in [-0.39, 0.29) is 6.04 Å². The van der Waals surface area contributed by atoms with Gasteiger partial charge in [-0.25, -0.2) is 0 Å². The average Bonchev–Trinajstić information content (AvgIpc) is 2.96. The van der Waals surface area contributed by atoms with E-state index in [2.05, 4.69) is 19.1 Å². The van der Waals surface area contributed by atoms with E-state index >= 15 is 0 Å². The molecule has 20 heavy (non-hydrogen) atoms. The molecule has 0 fully saturated rings. The summed E-state index contributed by atoms with van der Waals surface area (Å²) in [7, 11) is 3.29. The Morgan fingerprint density at radius 2 is 1.85 bits per heavy atom. The Morgan fingerprint density at radius 3 is 2.45 bits per heavy atom. The van der Waals surface area contributed by atoms with Crippen LogP contribution in [0.25, 0.3) is 0 Å². The van der Waals surface area contributed by atoms with E-state index in [1.165, 1.54) is 9.75 Å². The topological polar surface area (TPSA) is 44.5 Å². The molecule has 0 spiro atoms. The van der Waals surface area contributed by atoms with Gasteiger partial charge in [-0.3, -0.25) is 0 Å². The first-order chi connectivity index (χ1) is 9.67. The molecule has 3 nitrogen and oxygen atoms in total. The quantitative estimate of drug-likeness (QED) is 0.885. The molecule has 1 aromatic carbocycles. The predicted octanol–water partition coefficient (Wildman–Crippen LogP) is 3.57. The number of rotatable bonds is 6. The highest BCUT2D eigenvalue weighted by molar-refractivity contribution is 7.12. The minimum Gasteiger partial charge on any atom is -0.493 e. The van der Waals surface area contributed by atoms with E-state index in [1.807, 2.05) is 18.2 Å². The van der Waals surface area contributed by atoms with Gasteiger partial charge in [0.15, 0.2) is 11.5 Å². The number of methoxy groups -OCH3 is 2. The summed E-state index contributed by atoms with van der Waals surface area (Å²) >= 11 is 1.80. The van der Waals surface area contributed by atoms with Gasteiger partial charge in [-0.05, 0) is 42.7 Å². The fraction of sp³-hybridized carbons (Fsp3) is 0.375. The van der Waals surface area contributed by atoms with Crippen molar-refractivity contribution in [2.45, 2.75) is 25.8 Å². The first-order valence-electron chi connectivity index (χ1n) is 6.73. The van der Waals surface area contributed by atoms with Crippen LogP contribution in [-0.2, 0) is 12.8 Å². The second kappa shape index (κ2) is 6.77. The number of nitrogens with two attached hydrogens (primary N) is 1. The lowest BCUT2D eigenvalue weighted by molar-refractivity contribution is 0.354. The standard InChI is InChI=1S/C16H21NO2S/c1-4-12-6-8-16(20-12)13(17)9-11-5-7-14(18-2)15(10-11)19-3/h5-8,10,13H,4,9,17H2,1-3H3. The normalized spacial score (nSPS) is 12.2. The number of thiophene rings is 1. The van der Waals surface area contributed by atoms with Gasteiger partial charge in [0.2, 0.25) is 0 Å². The van der Waals surface area contributed by atoms with Gasteiger partial charge in [-0.2, -0.15) is 0 Å². The van der Waals surface area contributed by atoms with Gasteiger partial charge >= 0.3 is 0 Å². The molecule has 0 bridgehead atoms. The van der Waals surface area contributed by atoms with Gasteiger partial charge in [0.05, 0.1) is 14.2 Å². The Labute approximate surface area is 124 Å². The molecule has 1 unspecified atom stereocenters. The van der Waals surface area contributed by atoms with E-state index in [0.29, 0.717) is 0 Å². The van der Waals surface area contributed by atoms with Crippen LogP contribution in [0, 0.1) is 0 Å². The minimum absolute atomic E-state index is 0.0263. The lowest BCUT2D eigenvalue weighted by Crippen LogP contribution is -2.11. The van der Waals surface area contributed by atoms with Gasteiger partial charge < -0.3 is 15.2 Å². The molecular weight excluding hydrogens is 270 g/mol. The zero-order chi connectivity index (χ0) is 14.5. The van der Waals surface area contributed by atoms with Crippen LogP contribution in [0.15, 0.2) is 30.3 Å². The molecule has 2 N–H and O–H groups in total. The van der Waals surface area contributed by atoms with Crippen LogP contribution < -0.4 is 15.2 Å². The average molecular weight is 291 g/mol. The second-order valence-corrected chi connectivity index (χ2v) is 5.86. The van der Waals surface area contributed by atoms with E-state index in [4.69, 9.17) is 15.2 Å². The van der Waals surface area contributed by atoms with E-state index < -0.39 is 0 Å². The number of aryl methyl sites for hydroxylation is 1. The molecule has 0 saturated heterocycles. The minimum atomic E-state index is 0.0263. The van der Waals surface area contributed by atoms with Crippen LogP contribution in [-0.4, -0.2) is 14.2 Å². The van der Waals surface area contributed by atoms with Gasteiger partial charge in [-0.1, -0.05) is 13.0 Å². The van der Waals surface area contributed by atoms with E-state index in [1.54, 1.807) is 25.6 Å². The Kier molecular flexibility index (Phi) is 5.04. The molecule has 108 valence electrons. The molecule has 0 aliphatic heterocycles. The van der Waals surface area contributed by atoms with Crippen molar-refractivity contribution >= 4 is 11.3 Å². The summed E-state index contributed by atoms with van der Waals surface area (Å²) in [5, 5.41) is 0. The summed E-state index contributed by atoms with van der Waals surface area (Å²) in [5.74, 6) is 1.49. The maximum atomic E-state index is 6.30. The first kappa shape index (κ1) is 14.9. The van der Waals surface area contributed by atoms with Crippen LogP contribution >= 0.6 is 11.3 Å². The molecule has 2 aromatic rings. The zero-order valence-electron chi connectivity index (χ0n) is 12.2. The van der Waals surface area contributed by atoms with Crippen molar-refractivity contribution in [2.24, 2.45) is 5.73 Å². The van der Waals surface area contributed by atoms with Crippen molar-refractivity contribution in [3.05, 3.63) is 45.6 Å². The van der Waals surface area contributed by atoms with Crippen molar-refractivity contribution in [1.29, 1.82) is 0 Å². The molecule has 4 heteroatoms. The molecule has 0 radical (unpaired) electrons. The van der Waals surface area contributed by atoms with E-state index in [0.717, 1.165) is 29.9 Å². The molecule has 1 aromatic heterocycles. The Hall–Kier alpha value is -1.52. The summed E-state index contributed by atoms with van der Waals surface area (Å²) in [5.41, 5.74) is 7.45. The molecular formula is C16H21NO2S. The lowest BCUT2D eigenvalue weighted by atomic mass is 10.0. The van der Waals surface area contributed by atoms with Crippen molar-refractivity contribution < 1.29 is 9.47 Å². The number of ether oxygens (including phenoxy) is 2. The largest absolute Gasteiger partial charge is 0.493 e. The number of hydrogen-bond donors (Lipinski definition) is 1. The van der Waals surface area contributed by atoms with Gasteiger partial charge in [0.25, 0.3) is 0 Å². The third-order valence-corrected chi connectivity index (χ3v) is 4.66. The highest BCUT2D eigenvalue weighted by Gasteiger charge is 2.12. The summed E-state index contributed by atoms with van der Waals surface area (Å²) in [6.07, 6.45) is 1.86. The Bertz CT molecular complexity index is 565. The third kappa shape index (κ3) is 3.32. The Morgan fingerprint density at radius 1 is 1.10 bits per heavy atom. The zero-order valence-corrected chi connectivity index (χ0v) is 13.0. The highest BCUT2D eigenvalue weighted by Crippen LogP contribution is 2.30. The highest BCUT2D eigenvalue weighted by atomic mass is 32.1. The van der Waals surface area contributed by atoms with Gasteiger partial charge in [0.1, 0.15) is 0 Å². The molecule has 0 aliphatic rings. The molecule has 2 rings (SSSR count). The van der Waals surface area contributed by atoms with E-state index in [9.17, 15) is 0 Å². The van der Waals surface area contributed by atoms with Crippen LogP contribution in [0.1, 0.15) is 28.3 Å². The fourth-order valence-corrected chi connectivity index (χ4v) is 3.10. The summed E-state index contributed by atoms with van der Waals surface area (Å²) in [6, 6.07) is 10.3. The Balaban J connectivity index is 2.12. The maximum absolute atomic E-state index is 6.30. The van der Waals surface area contributed by atoms with Gasteiger partial charge in [0, 0.05) is 15.8 Å². The third-order valence-electron chi connectivity index (χ3n) is 3.30. The first-order valence-corrected chi connectivity index (χ1v) is 7.54. The number of hydrogen-bond acceptors (Lipinski definition) is 4. The van der Waals surface area contributed by atoms with Crippen LogP contribution in [0.5, 0.6) is 11.5 Å². The SMILES string of the molecule is CCc1ccc(C(N)Cc2ccc(OC)c(OC)c2)s1. The van der Waals surface area contributed by atoms with Crippen molar-refractivity contribution in [1.82, 2.24) is 0 Å². The predicted molar refractivity (Wildman–Crippen MR) is 83.9 cm³/mol. The smallest absolute Gasteiger partial charge is 0.160 e. The summed E-state index contributed by atoms with van der Waals surface area (Å²) in [6.45, 7) is 2.16. The van der Waals surface area contributed by atoms with Crippen molar-refractivity contribution in [3.63, 3.8) is 0 Å². The molecule has 1 heterocycles. The summed E-state index contributed by atoms with van der Waals surface area (Å²) in [4.78, 5) is 2.61. The number of benzene rings is 1.